The molecule has 3 amide bonds. The van der Waals surface area contributed by atoms with Crippen molar-refractivity contribution in [2.75, 3.05) is 37.1 Å². The molecule has 0 spiro atoms. The van der Waals surface area contributed by atoms with E-state index in [0.717, 1.165) is 31.5 Å². The summed E-state index contributed by atoms with van der Waals surface area (Å²) in [6, 6.07) is 5.37. The molecule has 0 atom stereocenters. The Morgan fingerprint density at radius 2 is 2.09 bits per heavy atom. The first-order valence-corrected chi connectivity index (χ1v) is 12.1. The summed E-state index contributed by atoms with van der Waals surface area (Å²) >= 11 is 1.21. The van der Waals surface area contributed by atoms with Gasteiger partial charge in [-0.25, -0.2) is 9.78 Å². The molecule has 3 aliphatic rings. The highest BCUT2D eigenvalue weighted by atomic mass is 32.1. The first-order valence-electron chi connectivity index (χ1n) is 11.3. The standard InChI is InChI=1S/C24H22N6O4S/c1-12-3-4-15-20(34-11-33-15)18(12)30-19-13(9-25)10-26-23-16(19)17(28-24(30)32)21(35-23)22(31)27-14-5-7-29(2)8-6-14/h3-4,10,14H,5-8,11H2,1-2H3,(H,27,31)(H,28,32). The average molecular weight is 491 g/mol. The minimum Gasteiger partial charge on any atom is -0.454 e. The minimum absolute atomic E-state index is 0.0447. The maximum absolute atomic E-state index is 13.6. The Balaban J connectivity index is 1.49. The number of fused-ring (bicyclic) bond motifs is 1. The van der Waals surface area contributed by atoms with E-state index in [4.69, 9.17) is 9.47 Å². The van der Waals surface area contributed by atoms with E-state index >= 15 is 0 Å². The number of hydrogen-bond acceptors (Lipinski definition) is 8. The Kier molecular flexibility index (Phi) is 5.01. The van der Waals surface area contributed by atoms with E-state index in [1.807, 2.05) is 13.0 Å². The quantitative estimate of drug-likeness (QED) is 0.574. The lowest BCUT2D eigenvalue weighted by atomic mass is 10.0. The zero-order valence-corrected chi connectivity index (χ0v) is 20.0. The molecule has 0 bridgehead atoms. The van der Waals surface area contributed by atoms with Crippen LogP contribution in [-0.2, 0) is 0 Å². The van der Waals surface area contributed by atoms with Gasteiger partial charge in [-0.2, -0.15) is 5.26 Å². The van der Waals surface area contributed by atoms with Gasteiger partial charge in [0.1, 0.15) is 15.8 Å². The third-order valence-electron chi connectivity index (χ3n) is 6.67. The number of nitriles is 1. The third-order valence-corrected chi connectivity index (χ3v) is 7.77. The molecule has 2 N–H and O–H groups in total. The fourth-order valence-corrected chi connectivity index (χ4v) is 5.86. The molecule has 0 unspecified atom stereocenters. The molecular formula is C24H22N6O4S. The first kappa shape index (κ1) is 21.6. The van der Waals surface area contributed by atoms with Gasteiger partial charge in [-0.15, -0.1) is 11.3 Å². The van der Waals surface area contributed by atoms with Crippen molar-refractivity contribution < 1.29 is 19.1 Å². The number of amides is 3. The molecule has 0 radical (unpaired) electrons. The van der Waals surface area contributed by atoms with E-state index in [1.165, 1.54) is 22.4 Å². The molecule has 35 heavy (non-hydrogen) atoms. The van der Waals surface area contributed by atoms with E-state index in [9.17, 15) is 14.9 Å². The number of anilines is 3. The van der Waals surface area contributed by atoms with Crippen LogP contribution in [0.25, 0.3) is 10.2 Å². The number of ether oxygens (including phenoxy) is 2. The van der Waals surface area contributed by atoms with E-state index in [2.05, 4.69) is 33.6 Å². The van der Waals surface area contributed by atoms with Crippen LogP contribution in [0.1, 0.15) is 33.6 Å². The van der Waals surface area contributed by atoms with Gasteiger partial charge in [-0.3, -0.25) is 9.69 Å². The number of benzene rings is 1. The summed E-state index contributed by atoms with van der Waals surface area (Å²) < 4.78 is 11.2. The number of urea groups is 1. The van der Waals surface area contributed by atoms with Crippen LogP contribution in [0.5, 0.6) is 11.5 Å². The molecule has 10 nitrogen and oxygen atoms in total. The number of thiophene rings is 1. The topological polar surface area (TPSA) is 120 Å². The number of hydrogen-bond donors (Lipinski definition) is 2. The van der Waals surface area contributed by atoms with Crippen LogP contribution < -0.4 is 25.0 Å². The van der Waals surface area contributed by atoms with E-state index in [-0.39, 0.29) is 24.3 Å². The van der Waals surface area contributed by atoms with E-state index in [0.29, 0.717) is 43.7 Å². The summed E-state index contributed by atoms with van der Waals surface area (Å²) in [5, 5.41) is 16.5. The van der Waals surface area contributed by atoms with Crippen molar-refractivity contribution in [1.82, 2.24) is 15.2 Å². The van der Waals surface area contributed by atoms with Gasteiger partial charge in [0.25, 0.3) is 5.91 Å². The number of carbonyl (C=O) groups excluding carboxylic acids is 2. The molecule has 3 aromatic rings. The van der Waals surface area contributed by atoms with Crippen molar-refractivity contribution in [1.29, 1.82) is 5.26 Å². The smallest absolute Gasteiger partial charge is 0.331 e. The van der Waals surface area contributed by atoms with Crippen LogP contribution in [0.2, 0.25) is 0 Å². The lowest BCUT2D eigenvalue weighted by Gasteiger charge is -2.31. The van der Waals surface area contributed by atoms with Crippen LogP contribution in [0.3, 0.4) is 0 Å². The van der Waals surface area contributed by atoms with Crippen LogP contribution in [0, 0.1) is 18.3 Å². The molecule has 6 rings (SSSR count). The minimum atomic E-state index is -0.486. The summed E-state index contributed by atoms with van der Waals surface area (Å²) in [5.41, 5.74) is 2.27. The number of likely N-dealkylation sites (tertiary alicyclic amines) is 1. The van der Waals surface area contributed by atoms with Crippen molar-refractivity contribution >= 4 is 50.6 Å². The van der Waals surface area contributed by atoms with Gasteiger partial charge < -0.3 is 25.0 Å². The van der Waals surface area contributed by atoms with Gasteiger partial charge in [0, 0.05) is 12.2 Å². The number of carbonyl (C=O) groups is 2. The Morgan fingerprint density at radius 3 is 2.86 bits per heavy atom. The van der Waals surface area contributed by atoms with Gasteiger partial charge in [-0.1, -0.05) is 6.07 Å². The largest absolute Gasteiger partial charge is 0.454 e. The second-order valence-electron chi connectivity index (χ2n) is 8.90. The van der Waals surface area contributed by atoms with Gasteiger partial charge in [0.2, 0.25) is 6.79 Å². The number of pyridine rings is 1. The monoisotopic (exact) mass is 490 g/mol. The zero-order chi connectivity index (χ0) is 24.3. The summed E-state index contributed by atoms with van der Waals surface area (Å²) in [7, 11) is 2.07. The molecule has 5 heterocycles. The third kappa shape index (κ3) is 3.37. The van der Waals surface area contributed by atoms with E-state index < -0.39 is 6.03 Å². The summed E-state index contributed by atoms with van der Waals surface area (Å²) in [5.74, 6) is 0.716. The highest BCUT2D eigenvalue weighted by molar-refractivity contribution is 7.21. The fourth-order valence-electron chi connectivity index (χ4n) is 4.86. The van der Waals surface area contributed by atoms with Crippen LogP contribution in [-0.4, -0.2) is 54.8 Å². The van der Waals surface area contributed by atoms with Crippen molar-refractivity contribution in [3.05, 3.63) is 34.3 Å². The fraction of sp³-hybridized carbons (Fsp3) is 0.333. The lowest BCUT2D eigenvalue weighted by molar-refractivity contribution is 0.0922. The van der Waals surface area contributed by atoms with Crippen LogP contribution >= 0.6 is 11.3 Å². The maximum atomic E-state index is 13.6. The Morgan fingerprint density at radius 1 is 1.29 bits per heavy atom. The molecule has 178 valence electrons. The number of aromatic nitrogens is 1. The SMILES string of the molecule is Cc1ccc2c(c1N1C(=O)Nc3c(C(=O)NC4CCN(C)CC4)sc4ncc(C#N)c1c34)OCO2. The average Bonchev–Trinajstić information content (AvgIpc) is 3.47. The molecule has 11 heteroatoms. The van der Waals surface area contributed by atoms with Gasteiger partial charge >= 0.3 is 6.03 Å². The van der Waals surface area contributed by atoms with E-state index in [1.54, 1.807) is 6.07 Å². The van der Waals surface area contributed by atoms with Crippen molar-refractivity contribution in [3.8, 4) is 17.6 Å². The first-order chi connectivity index (χ1) is 17.0. The highest BCUT2D eigenvalue weighted by Gasteiger charge is 2.38. The van der Waals surface area contributed by atoms with Crippen LogP contribution in [0.15, 0.2) is 18.3 Å². The molecule has 1 saturated heterocycles. The van der Waals surface area contributed by atoms with Crippen molar-refractivity contribution in [2.45, 2.75) is 25.8 Å². The zero-order valence-electron chi connectivity index (χ0n) is 19.2. The van der Waals surface area contributed by atoms with Gasteiger partial charge in [-0.05, 0) is 51.5 Å². The predicted molar refractivity (Wildman–Crippen MR) is 131 cm³/mol. The molecule has 2 aromatic heterocycles. The number of rotatable bonds is 3. The molecule has 1 fully saturated rings. The number of aryl methyl sites for hydroxylation is 1. The van der Waals surface area contributed by atoms with Gasteiger partial charge in [0.05, 0.1) is 28.0 Å². The number of nitrogens with one attached hydrogen (secondary N) is 2. The number of nitrogens with zero attached hydrogens (tertiary/aromatic N) is 4. The van der Waals surface area contributed by atoms with Gasteiger partial charge in [0.15, 0.2) is 11.5 Å². The molecule has 1 aromatic carbocycles. The maximum Gasteiger partial charge on any atom is 0.331 e. The second-order valence-corrected chi connectivity index (χ2v) is 9.90. The number of piperidine rings is 1. The Hall–Kier alpha value is -3.88. The Labute approximate surface area is 205 Å². The summed E-state index contributed by atoms with van der Waals surface area (Å²) in [4.78, 5) is 35.9. The van der Waals surface area contributed by atoms with Crippen LogP contribution in [0.4, 0.5) is 21.9 Å². The Bertz CT molecular complexity index is 1440. The summed E-state index contributed by atoms with van der Waals surface area (Å²) in [6.07, 6.45) is 3.17. The normalized spacial score (nSPS) is 17.4. The highest BCUT2D eigenvalue weighted by Crippen LogP contribution is 2.52. The molecular weight excluding hydrogens is 468 g/mol. The lowest BCUT2D eigenvalue weighted by Crippen LogP contribution is -2.43. The molecule has 0 aliphatic carbocycles. The molecule has 0 saturated carbocycles. The second kappa shape index (κ2) is 8.11. The summed E-state index contributed by atoms with van der Waals surface area (Å²) in [6.45, 7) is 3.74. The van der Waals surface area contributed by atoms with Crippen molar-refractivity contribution in [3.63, 3.8) is 0 Å². The predicted octanol–water partition coefficient (Wildman–Crippen LogP) is 3.71. The molecule has 3 aliphatic heterocycles. The van der Waals surface area contributed by atoms with Crippen molar-refractivity contribution in [2.24, 2.45) is 0 Å².